The van der Waals surface area contributed by atoms with E-state index in [2.05, 4.69) is 20.4 Å². The number of pyridine rings is 1. The number of carbonyl (C=O) groups excluding carboxylic acids is 1. The largest absolute Gasteiger partial charge is 0.399 e. The van der Waals surface area contributed by atoms with Crippen molar-refractivity contribution in [2.75, 3.05) is 5.73 Å². The maximum Gasteiger partial charge on any atom is 0.252 e. The highest BCUT2D eigenvalue weighted by molar-refractivity contribution is 5.96. The fraction of sp³-hybridized carbons (Fsp3) is 0.263. The Kier molecular flexibility index (Phi) is 4.97. The molecule has 1 aromatic carbocycles. The molecule has 26 heavy (non-hydrogen) atoms. The number of anilines is 1. The zero-order valence-corrected chi connectivity index (χ0v) is 14.9. The summed E-state index contributed by atoms with van der Waals surface area (Å²) in [5, 5.41) is 6.98. The Morgan fingerprint density at radius 2 is 2.08 bits per heavy atom. The van der Waals surface area contributed by atoms with E-state index in [1.165, 1.54) is 0 Å². The average molecular weight is 351 g/mol. The summed E-state index contributed by atoms with van der Waals surface area (Å²) in [6, 6.07) is 8.49. The number of rotatable bonds is 5. The van der Waals surface area contributed by atoms with Crippen molar-refractivity contribution in [3.8, 4) is 11.4 Å². The van der Waals surface area contributed by atoms with Gasteiger partial charge in [-0.3, -0.25) is 9.78 Å². The van der Waals surface area contributed by atoms with Gasteiger partial charge in [-0.25, -0.2) is 0 Å². The number of carbonyl (C=O) groups is 1. The number of nitrogens with two attached hydrogens (primary N) is 1. The molecule has 0 aliphatic carbocycles. The minimum absolute atomic E-state index is 0.0579. The van der Waals surface area contributed by atoms with Gasteiger partial charge in [0.25, 0.3) is 5.91 Å². The lowest BCUT2D eigenvalue weighted by atomic mass is 10.0. The highest BCUT2D eigenvalue weighted by Gasteiger charge is 2.26. The summed E-state index contributed by atoms with van der Waals surface area (Å²) in [5.41, 5.74) is 8.48. The van der Waals surface area contributed by atoms with Gasteiger partial charge in [0.2, 0.25) is 11.7 Å². The Morgan fingerprint density at radius 1 is 1.27 bits per heavy atom. The third-order valence-electron chi connectivity index (χ3n) is 4.09. The van der Waals surface area contributed by atoms with E-state index in [-0.39, 0.29) is 11.8 Å². The van der Waals surface area contributed by atoms with E-state index >= 15 is 0 Å². The van der Waals surface area contributed by atoms with Crippen LogP contribution in [-0.2, 0) is 0 Å². The molecule has 0 aliphatic heterocycles. The van der Waals surface area contributed by atoms with Crippen molar-refractivity contribution in [3.05, 3.63) is 59.7 Å². The standard InChI is InChI=1S/C19H21N5O2/c1-11(2)16(22-18(25)15-9-14(20)7-6-12(15)3)19-23-17(24-26-19)13-5-4-8-21-10-13/h4-11,16H,20H2,1-3H3,(H,22,25). The Morgan fingerprint density at radius 3 is 2.77 bits per heavy atom. The third-order valence-corrected chi connectivity index (χ3v) is 4.09. The van der Waals surface area contributed by atoms with Gasteiger partial charge in [-0.05, 0) is 42.7 Å². The van der Waals surface area contributed by atoms with Gasteiger partial charge in [0.15, 0.2) is 0 Å². The molecule has 7 heteroatoms. The van der Waals surface area contributed by atoms with Crippen LogP contribution in [0.15, 0.2) is 47.2 Å². The molecule has 0 aliphatic rings. The lowest BCUT2D eigenvalue weighted by molar-refractivity contribution is 0.0913. The van der Waals surface area contributed by atoms with Crippen LogP contribution < -0.4 is 11.1 Å². The van der Waals surface area contributed by atoms with Crippen molar-refractivity contribution in [2.24, 2.45) is 5.92 Å². The van der Waals surface area contributed by atoms with E-state index in [0.717, 1.165) is 11.1 Å². The molecular formula is C19H21N5O2. The fourth-order valence-corrected chi connectivity index (χ4v) is 2.59. The molecule has 7 nitrogen and oxygen atoms in total. The van der Waals surface area contributed by atoms with Crippen molar-refractivity contribution in [1.82, 2.24) is 20.4 Å². The van der Waals surface area contributed by atoms with Crippen molar-refractivity contribution in [2.45, 2.75) is 26.8 Å². The van der Waals surface area contributed by atoms with Crippen LogP contribution in [0.25, 0.3) is 11.4 Å². The normalized spacial score (nSPS) is 12.2. The summed E-state index contributed by atoms with van der Waals surface area (Å²) in [7, 11) is 0. The number of nitrogens with one attached hydrogen (secondary N) is 1. The van der Waals surface area contributed by atoms with Gasteiger partial charge in [-0.2, -0.15) is 4.98 Å². The van der Waals surface area contributed by atoms with Crippen LogP contribution in [0, 0.1) is 12.8 Å². The van der Waals surface area contributed by atoms with Gasteiger partial charge < -0.3 is 15.6 Å². The third kappa shape index (κ3) is 3.72. The topological polar surface area (TPSA) is 107 Å². The molecule has 1 unspecified atom stereocenters. The molecule has 0 saturated carbocycles. The van der Waals surface area contributed by atoms with Crippen molar-refractivity contribution < 1.29 is 9.32 Å². The zero-order chi connectivity index (χ0) is 18.7. The molecule has 0 spiro atoms. The monoisotopic (exact) mass is 351 g/mol. The second-order valence-corrected chi connectivity index (χ2v) is 6.47. The molecule has 1 amide bonds. The predicted molar refractivity (Wildman–Crippen MR) is 98.2 cm³/mol. The maximum absolute atomic E-state index is 12.7. The van der Waals surface area contributed by atoms with Crippen LogP contribution in [0.5, 0.6) is 0 Å². The first-order valence-electron chi connectivity index (χ1n) is 8.36. The van der Waals surface area contributed by atoms with E-state index in [1.54, 1.807) is 30.6 Å². The molecule has 0 saturated heterocycles. The first-order chi connectivity index (χ1) is 12.5. The van der Waals surface area contributed by atoms with Crippen LogP contribution in [0.2, 0.25) is 0 Å². The van der Waals surface area contributed by atoms with Gasteiger partial charge in [0.1, 0.15) is 6.04 Å². The van der Waals surface area contributed by atoms with Crippen molar-refractivity contribution in [1.29, 1.82) is 0 Å². The smallest absolute Gasteiger partial charge is 0.252 e. The summed E-state index contributed by atoms with van der Waals surface area (Å²) in [6.07, 6.45) is 3.34. The quantitative estimate of drug-likeness (QED) is 0.684. The van der Waals surface area contributed by atoms with Crippen molar-refractivity contribution >= 4 is 11.6 Å². The highest BCUT2D eigenvalue weighted by atomic mass is 16.5. The van der Waals surface area contributed by atoms with Crippen molar-refractivity contribution in [3.63, 3.8) is 0 Å². The number of benzene rings is 1. The van der Waals surface area contributed by atoms with Crippen LogP contribution in [0.1, 0.15) is 41.7 Å². The van der Waals surface area contributed by atoms with Gasteiger partial charge in [-0.15, -0.1) is 0 Å². The number of hydrogen-bond acceptors (Lipinski definition) is 6. The maximum atomic E-state index is 12.7. The van der Waals surface area contributed by atoms with E-state index in [9.17, 15) is 4.79 Å². The summed E-state index contributed by atoms with van der Waals surface area (Å²) in [4.78, 5) is 21.2. The molecule has 3 rings (SSSR count). The Hall–Kier alpha value is -3.22. The average Bonchev–Trinajstić information content (AvgIpc) is 3.11. The molecule has 2 aromatic heterocycles. The van der Waals surface area contributed by atoms with Gasteiger partial charge in [0.05, 0.1) is 0 Å². The zero-order valence-electron chi connectivity index (χ0n) is 14.9. The molecule has 3 N–H and O–H groups in total. The number of hydrogen-bond donors (Lipinski definition) is 2. The fourth-order valence-electron chi connectivity index (χ4n) is 2.59. The molecule has 134 valence electrons. The number of aromatic nitrogens is 3. The highest BCUT2D eigenvalue weighted by Crippen LogP contribution is 2.24. The Bertz CT molecular complexity index is 905. The number of nitrogen functional groups attached to an aromatic ring is 1. The Labute approximate surface area is 151 Å². The van der Waals surface area contributed by atoms with E-state index in [1.807, 2.05) is 32.9 Å². The van der Waals surface area contributed by atoms with E-state index < -0.39 is 6.04 Å². The summed E-state index contributed by atoms with van der Waals surface area (Å²) in [5.74, 6) is 0.624. The van der Waals surface area contributed by atoms with E-state index in [4.69, 9.17) is 10.3 Å². The predicted octanol–water partition coefficient (Wildman–Crippen LogP) is 3.15. The minimum atomic E-state index is -0.416. The molecule has 1 atom stereocenters. The number of amides is 1. The second kappa shape index (κ2) is 7.35. The Balaban J connectivity index is 1.85. The van der Waals surface area contributed by atoms with Crippen LogP contribution in [-0.4, -0.2) is 21.0 Å². The minimum Gasteiger partial charge on any atom is -0.399 e. The number of aryl methyl sites for hydroxylation is 1. The van der Waals surface area contributed by atoms with Crippen LogP contribution in [0.3, 0.4) is 0 Å². The number of nitrogens with zero attached hydrogens (tertiary/aromatic N) is 3. The molecule has 0 fully saturated rings. The first kappa shape index (κ1) is 17.6. The molecule has 3 aromatic rings. The lowest BCUT2D eigenvalue weighted by Crippen LogP contribution is -2.32. The van der Waals surface area contributed by atoms with Gasteiger partial charge in [0, 0.05) is 29.2 Å². The van der Waals surface area contributed by atoms with Gasteiger partial charge >= 0.3 is 0 Å². The summed E-state index contributed by atoms with van der Waals surface area (Å²) < 4.78 is 5.40. The summed E-state index contributed by atoms with van der Waals surface area (Å²) in [6.45, 7) is 5.82. The lowest BCUT2D eigenvalue weighted by Gasteiger charge is -2.19. The molecule has 0 radical (unpaired) electrons. The second-order valence-electron chi connectivity index (χ2n) is 6.47. The van der Waals surface area contributed by atoms with Gasteiger partial charge in [-0.1, -0.05) is 25.1 Å². The molecule has 0 bridgehead atoms. The molecule has 2 heterocycles. The first-order valence-corrected chi connectivity index (χ1v) is 8.36. The van der Waals surface area contributed by atoms with E-state index in [0.29, 0.717) is 23.0 Å². The summed E-state index contributed by atoms with van der Waals surface area (Å²) >= 11 is 0. The van der Waals surface area contributed by atoms with Crippen LogP contribution in [0.4, 0.5) is 5.69 Å². The molecular weight excluding hydrogens is 330 g/mol. The SMILES string of the molecule is Cc1ccc(N)cc1C(=O)NC(c1nc(-c2cccnc2)no1)C(C)C. The van der Waals surface area contributed by atoms with Crippen LogP contribution >= 0.6 is 0 Å².